The number of ether oxygens (including phenoxy) is 1. The molecule has 0 radical (unpaired) electrons. The van der Waals surface area contributed by atoms with E-state index in [-0.39, 0.29) is 29.4 Å². The van der Waals surface area contributed by atoms with Crippen molar-refractivity contribution in [2.75, 3.05) is 11.9 Å². The molecule has 2 aromatic rings. The maximum atomic E-state index is 12.5. The predicted molar refractivity (Wildman–Crippen MR) is 143 cm³/mol. The summed E-state index contributed by atoms with van der Waals surface area (Å²) < 4.78 is 5.03. The molecule has 0 aromatic heterocycles. The van der Waals surface area contributed by atoms with Crippen LogP contribution in [-0.2, 0) is 26.2 Å². The smallest absolute Gasteiger partial charge is 0.346 e. The Morgan fingerprint density at radius 1 is 1.00 bits per heavy atom. The third kappa shape index (κ3) is 7.86. The van der Waals surface area contributed by atoms with Crippen molar-refractivity contribution in [1.29, 1.82) is 0 Å². The van der Waals surface area contributed by atoms with Crippen molar-refractivity contribution in [3.05, 3.63) is 76.1 Å². The van der Waals surface area contributed by atoms with Crippen molar-refractivity contribution in [3.63, 3.8) is 0 Å². The van der Waals surface area contributed by atoms with Crippen LogP contribution in [0.1, 0.15) is 70.9 Å². The number of benzene rings is 2. The number of carbonyl (C=O) groups is 2. The summed E-state index contributed by atoms with van der Waals surface area (Å²) in [6, 6.07) is 15.9. The largest absolute Gasteiger partial charge is 0.453 e. The molecular formula is C29H37ClN2O3. The van der Waals surface area contributed by atoms with E-state index >= 15 is 0 Å². The molecule has 6 heteroatoms. The van der Waals surface area contributed by atoms with E-state index in [4.69, 9.17) is 16.3 Å². The Balaban J connectivity index is 1.86. The zero-order valence-corrected chi connectivity index (χ0v) is 22.0. The number of cyclic esters (lactones) is 1. The van der Waals surface area contributed by atoms with Gasteiger partial charge in [-0.05, 0) is 53.6 Å². The van der Waals surface area contributed by atoms with Gasteiger partial charge in [-0.15, -0.1) is 0 Å². The molecule has 35 heavy (non-hydrogen) atoms. The first-order valence-electron chi connectivity index (χ1n) is 12.5. The molecule has 1 aliphatic heterocycles. The van der Waals surface area contributed by atoms with Gasteiger partial charge in [0.2, 0.25) is 5.78 Å². The topological polar surface area (TPSA) is 67.4 Å². The molecule has 5 nitrogen and oxygen atoms in total. The summed E-state index contributed by atoms with van der Waals surface area (Å²) in [7, 11) is 0. The zero-order valence-electron chi connectivity index (χ0n) is 21.2. The highest BCUT2D eigenvalue weighted by atomic mass is 35.5. The van der Waals surface area contributed by atoms with Gasteiger partial charge in [-0.3, -0.25) is 4.79 Å². The molecule has 2 N–H and O–H groups in total. The molecule has 0 saturated carbocycles. The molecule has 1 aliphatic rings. The molecule has 1 saturated heterocycles. The minimum atomic E-state index is -0.599. The van der Waals surface area contributed by atoms with Crippen LogP contribution in [0, 0.1) is 0 Å². The quantitative estimate of drug-likeness (QED) is 0.159. The SMILES string of the molecule is CCCCCCC(Cc1ccc(C(C)(C)C)cc1)NC(Nc1ccc(Cl)cc1)=C1C(=O)COC1=O. The Morgan fingerprint density at radius 2 is 1.69 bits per heavy atom. The van der Waals surface area contributed by atoms with Crippen molar-refractivity contribution in [2.24, 2.45) is 0 Å². The zero-order chi connectivity index (χ0) is 25.4. The maximum Gasteiger partial charge on any atom is 0.346 e. The van der Waals surface area contributed by atoms with Crippen LogP contribution in [0.5, 0.6) is 0 Å². The van der Waals surface area contributed by atoms with E-state index in [0.29, 0.717) is 10.8 Å². The molecule has 1 heterocycles. The van der Waals surface area contributed by atoms with Gasteiger partial charge in [-0.1, -0.05) is 89.2 Å². The fourth-order valence-electron chi connectivity index (χ4n) is 4.15. The Labute approximate surface area is 214 Å². The Kier molecular flexibility index (Phi) is 9.39. The lowest BCUT2D eigenvalue weighted by Crippen LogP contribution is -2.36. The van der Waals surface area contributed by atoms with E-state index in [1.54, 1.807) is 12.1 Å². The van der Waals surface area contributed by atoms with Crippen LogP contribution in [0.3, 0.4) is 0 Å². The summed E-state index contributed by atoms with van der Waals surface area (Å²) in [5.41, 5.74) is 3.37. The predicted octanol–water partition coefficient (Wildman–Crippen LogP) is 6.56. The van der Waals surface area contributed by atoms with Crippen LogP contribution < -0.4 is 10.6 Å². The molecule has 0 aliphatic carbocycles. The van der Waals surface area contributed by atoms with E-state index < -0.39 is 5.97 Å². The lowest BCUT2D eigenvalue weighted by atomic mass is 9.86. The van der Waals surface area contributed by atoms with Gasteiger partial charge >= 0.3 is 5.97 Å². The van der Waals surface area contributed by atoms with Crippen LogP contribution in [0.4, 0.5) is 5.69 Å². The van der Waals surface area contributed by atoms with Crippen molar-refractivity contribution in [3.8, 4) is 0 Å². The van der Waals surface area contributed by atoms with E-state index in [9.17, 15) is 9.59 Å². The van der Waals surface area contributed by atoms with Crippen LogP contribution in [0.25, 0.3) is 0 Å². The molecule has 1 unspecified atom stereocenters. The molecular weight excluding hydrogens is 460 g/mol. The van der Waals surface area contributed by atoms with E-state index in [1.165, 1.54) is 24.0 Å². The third-order valence-corrected chi connectivity index (χ3v) is 6.49. The standard InChI is InChI=1S/C29H37ClN2O3/c1-5-6-7-8-9-24(18-20-10-12-21(13-11-20)29(2,3)4)32-27(26-25(33)19-35-28(26)34)31-23-16-14-22(30)15-17-23/h10-17,24,31-32H,5-9,18-19H2,1-4H3. The second-order valence-electron chi connectivity index (χ2n) is 10.2. The summed E-state index contributed by atoms with van der Waals surface area (Å²) in [6.07, 6.45) is 6.26. The second kappa shape index (κ2) is 12.3. The fraction of sp³-hybridized carbons (Fsp3) is 0.448. The first-order chi connectivity index (χ1) is 16.7. The van der Waals surface area contributed by atoms with Gasteiger partial charge in [0.05, 0.1) is 0 Å². The minimum absolute atomic E-state index is 0.0378. The van der Waals surface area contributed by atoms with Crippen LogP contribution in [0.2, 0.25) is 5.02 Å². The molecule has 0 spiro atoms. The molecule has 1 fully saturated rings. The van der Waals surface area contributed by atoms with Gasteiger partial charge in [0.25, 0.3) is 0 Å². The van der Waals surface area contributed by atoms with Gasteiger partial charge in [0.15, 0.2) is 6.61 Å². The lowest BCUT2D eigenvalue weighted by molar-refractivity contribution is -0.135. The monoisotopic (exact) mass is 496 g/mol. The minimum Gasteiger partial charge on any atom is -0.453 e. The summed E-state index contributed by atoms with van der Waals surface area (Å²) >= 11 is 6.03. The fourth-order valence-corrected chi connectivity index (χ4v) is 4.28. The van der Waals surface area contributed by atoms with E-state index in [1.807, 2.05) is 12.1 Å². The number of hydrogen-bond donors (Lipinski definition) is 2. The third-order valence-electron chi connectivity index (χ3n) is 6.24. The number of carbonyl (C=O) groups excluding carboxylic acids is 2. The number of ketones is 1. The van der Waals surface area contributed by atoms with Crippen molar-refractivity contribution < 1.29 is 14.3 Å². The maximum absolute atomic E-state index is 12.5. The Bertz CT molecular complexity index is 1020. The highest BCUT2D eigenvalue weighted by molar-refractivity contribution is 6.30. The number of rotatable bonds is 11. The van der Waals surface area contributed by atoms with E-state index in [2.05, 4.69) is 62.6 Å². The van der Waals surface area contributed by atoms with Crippen LogP contribution in [-0.4, -0.2) is 24.4 Å². The first kappa shape index (κ1) is 26.8. The molecule has 188 valence electrons. The average molecular weight is 497 g/mol. The van der Waals surface area contributed by atoms with Gasteiger partial charge in [0, 0.05) is 16.8 Å². The number of Topliss-reactive ketones (excluding diaryl/α,β-unsaturated/α-hetero) is 1. The molecule has 0 bridgehead atoms. The molecule has 0 amide bonds. The molecule has 3 rings (SSSR count). The average Bonchev–Trinajstić information content (AvgIpc) is 3.15. The highest BCUT2D eigenvalue weighted by Crippen LogP contribution is 2.24. The Morgan fingerprint density at radius 3 is 2.26 bits per heavy atom. The van der Waals surface area contributed by atoms with Crippen molar-refractivity contribution in [2.45, 2.75) is 77.7 Å². The first-order valence-corrected chi connectivity index (χ1v) is 12.9. The number of nitrogens with one attached hydrogen (secondary N) is 2. The second-order valence-corrected chi connectivity index (χ2v) is 10.7. The lowest BCUT2D eigenvalue weighted by Gasteiger charge is -2.24. The van der Waals surface area contributed by atoms with Gasteiger partial charge < -0.3 is 15.4 Å². The van der Waals surface area contributed by atoms with Crippen molar-refractivity contribution >= 4 is 29.0 Å². The Hall–Kier alpha value is -2.79. The number of hydrogen-bond acceptors (Lipinski definition) is 5. The highest BCUT2D eigenvalue weighted by Gasteiger charge is 2.33. The summed E-state index contributed by atoms with van der Waals surface area (Å²) in [5, 5.41) is 7.36. The number of unbranched alkanes of at least 4 members (excludes halogenated alkanes) is 3. The van der Waals surface area contributed by atoms with Crippen LogP contribution >= 0.6 is 11.6 Å². The van der Waals surface area contributed by atoms with Gasteiger partial charge in [-0.25, -0.2) is 4.79 Å². The van der Waals surface area contributed by atoms with E-state index in [0.717, 1.165) is 31.4 Å². The molecule has 1 atom stereocenters. The summed E-state index contributed by atoms with van der Waals surface area (Å²) in [5.74, 6) is -0.525. The van der Waals surface area contributed by atoms with Gasteiger partial charge in [0.1, 0.15) is 11.4 Å². The normalized spacial score (nSPS) is 16.1. The van der Waals surface area contributed by atoms with Gasteiger partial charge in [-0.2, -0.15) is 0 Å². The van der Waals surface area contributed by atoms with Crippen LogP contribution in [0.15, 0.2) is 59.9 Å². The number of anilines is 1. The summed E-state index contributed by atoms with van der Waals surface area (Å²) in [6.45, 7) is 8.59. The summed E-state index contributed by atoms with van der Waals surface area (Å²) in [4.78, 5) is 25.0. The number of halogens is 1. The van der Waals surface area contributed by atoms with Crippen molar-refractivity contribution in [1.82, 2.24) is 5.32 Å². The molecule has 2 aromatic carbocycles. The number of esters is 1.